The van der Waals surface area contributed by atoms with Crippen LogP contribution < -0.4 is 0 Å². The van der Waals surface area contributed by atoms with Gasteiger partial charge < -0.3 is 13.9 Å². The Morgan fingerprint density at radius 3 is 2.16 bits per heavy atom. The number of ether oxygens (including phenoxy) is 2. The van der Waals surface area contributed by atoms with Gasteiger partial charge in [0, 0.05) is 6.42 Å². The second-order valence-electron chi connectivity index (χ2n) is 6.19. The highest BCUT2D eigenvalue weighted by Crippen LogP contribution is 2.36. The van der Waals surface area contributed by atoms with E-state index in [1.54, 1.807) is 0 Å². The monoisotopic (exact) mass is 290 g/mol. The van der Waals surface area contributed by atoms with E-state index in [-0.39, 0.29) is 11.0 Å². The van der Waals surface area contributed by atoms with Gasteiger partial charge in [-0.3, -0.25) is 4.79 Å². The van der Waals surface area contributed by atoms with Crippen molar-refractivity contribution in [2.45, 2.75) is 58.7 Å². The number of carbonyl (C=O) groups is 1. The van der Waals surface area contributed by atoms with Crippen LogP contribution in [-0.4, -0.2) is 40.7 Å². The maximum absolute atomic E-state index is 11.1. The number of rotatable bonds is 9. The van der Waals surface area contributed by atoms with Gasteiger partial charge in [0.25, 0.3) is 0 Å². The van der Waals surface area contributed by atoms with Gasteiger partial charge in [-0.05, 0) is 24.6 Å². The van der Waals surface area contributed by atoms with Crippen LogP contribution in [0.4, 0.5) is 0 Å². The Labute approximate surface area is 118 Å². The molecule has 0 N–H and O–H groups in total. The molecule has 0 aromatic carbocycles. The molecule has 19 heavy (non-hydrogen) atoms. The molecule has 0 saturated carbocycles. The van der Waals surface area contributed by atoms with Gasteiger partial charge in [-0.25, -0.2) is 0 Å². The molecule has 0 aliphatic rings. The molecule has 0 unspecified atom stereocenters. The highest BCUT2D eigenvalue weighted by Gasteiger charge is 2.36. The van der Waals surface area contributed by atoms with E-state index in [1.165, 1.54) is 0 Å². The lowest BCUT2D eigenvalue weighted by molar-refractivity contribution is -0.145. The van der Waals surface area contributed by atoms with Crippen molar-refractivity contribution in [2.24, 2.45) is 0 Å². The zero-order chi connectivity index (χ0) is 14.9. The summed E-state index contributed by atoms with van der Waals surface area (Å²) in [4.78, 5) is 11.1. The molecule has 0 spiro atoms. The maximum atomic E-state index is 11.1. The summed E-state index contributed by atoms with van der Waals surface area (Å²) in [7, 11) is -1.67. The second kappa shape index (κ2) is 8.71. The van der Waals surface area contributed by atoms with Crippen molar-refractivity contribution in [3.05, 3.63) is 0 Å². The van der Waals surface area contributed by atoms with Gasteiger partial charge in [0.15, 0.2) is 8.32 Å². The summed E-state index contributed by atoms with van der Waals surface area (Å²) < 4.78 is 16.3. The van der Waals surface area contributed by atoms with Crippen molar-refractivity contribution in [3.8, 4) is 0 Å². The minimum Gasteiger partial charge on any atom is -0.463 e. The lowest BCUT2D eigenvalue weighted by Crippen LogP contribution is -2.41. The number of carbonyl (C=O) groups excluding carboxylic acids is 1. The average Bonchev–Trinajstić information content (AvgIpc) is 2.26. The second-order valence-corrected chi connectivity index (χ2v) is 11.0. The zero-order valence-electron chi connectivity index (χ0n) is 13.4. The van der Waals surface area contributed by atoms with Crippen LogP contribution in [0.2, 0.25) is 18.1 Å². The van der Waals surface area contributed by atoms with E-state index in [2.05, 4.69) is 33.9 Å². The number of esters is 1. The predicted molar refractivity (Wildman–Crippen MR) is 79.8 cm³/mol. The van der Waals surface area contributed by atoms with Crippen LogP contribution in [0, 0.1) is 0 Å². The predicted octanol–water partition coefficient (Wildman–Crippen LogP) is 3.37. The molecular formula is C14H30O4Si. The molecule has 5 heteroatoms. The van der Waals surface area contributed by atoms with Crippen LogP contribution in [-0.2, 0) is 18.7 Å². The van der Waals surface area contributed by atoms with Crippen molar-refractivity contribution in [1.29, 1.82) is 0 Å². The van der Waals surface area contributed by atoms with Gasteiger partial charge in [0.2, 0.25) is 0 Å². The quantitative estimate of drug-likeness (QED) is 0.371. The SMILES string of the molecule is CCCC(=O)OCCOCCO[Si](C)(C)C(C)(C)C. The molecular weight excluding hydrogens is 260 g/mol. The van der Waals surface area contributed by atoms with Crippen LogP contribution in [0.25, 0.3) is 0 Å². The first-order chi connectivity index (χ1) is 8.70. The maximum Gasteiger partial charge on any atom is 0.305 e. The Kier molecular flexibility index (Phi) is 8.53. The summed E-state index contributed by atoms with van der Waals surface area (Å²) in [6.07, 6.45) is 1.30. The van der Waals surface area contributed by atoms with Crippen molar-refractivity contribution >= 4 is 14.3 Å². The van der Waals surface area contributed by atoms with Gasteiger partial charge in [-0.2, -0.15) is 0 Å². The molecule has 0 radical (unpaired) electrons. The fraction of sp³-hybridized carbons (Fsp3) is 0.929. The third kappa shape index (κ3) is 8.39. The van der Waals surface area contributed by atoms with Crippen molar-refractivity contribution < 1.29 is 18.7 Å². The highest BCUT2D eigenvalue weighted by atomic mass is 28.4. The van der Waals surface area contributed by atoms with Crippen LogP contribution in [0.5, 0.6) is 0 Å². The van der Waals surface area contributed by atoms with E-state index in [4.69, 9.17) is 13.9 Å². The Morgan fingerprint density at radius 2 is 1.63 bits per heavy atom. The lowest BCUT2D eigenvalue weighted by atomic mass is 10.2. The average molecular weight is 290 g/mol. The minimum atomic E-state index is -1.67. The van der Waals surface area contributed by atoms with Crippen LogP contribution in [0.15, 0.2) is 0 Å². The van der Waals surface area contributed by atoms with E-state index in [9.17, 15) is 4.79 Å². The number of hydrogen-bond acceptors (Lipinski definition) is 4. The molecule has 0 rings (SSSR count). The minimum absolute atomic E-state index is 0.149. The molecule has 4 nitrogen and oxygen atoms in total. The standard InChI is InChI=1S/C14H30O4Si/c1-7-8-13(15)17-11-9-16-10-12-18-19(5,6)14(2,3)4/h7-12H2,1-6H3. The summed E-state index contributed by atoms with van der Waals surface area (Å²) in [6, 6.07) is 0. The largest absolute Gasteiger partial charge is 0.463 e. The summed E-state index contributed by atoms with van der Waals surface area (Å²) >= 11 is 0. The molecule has 0 heterocycles. The first-order valence-corrected chi connectivity index (χ1v) is 9.99. The van der Waals surface area contributed by atoms with Crippen molar-refractivity contribution in [3.63, 3.8) is 0 Å². The van der Waals surface area contributed by atoms with Crippen LogP contribution in [0.3, 0.4) is 0 Å². The molecule has 0 aromatic heterocycles. The molecule has 114 valence electrons. The first kappa shape index (κ1) is 18.6. The Hall–Kier alpha value is -0.393. The van der Waals surface area contributed by atoms with E-state index < -0.39 is 8.32 Å². The van der Waals surface area contributed by atoms with Gasteiger partial charge in [-0.1, -0.05) is 27.7 Å². The fourth-order valence-corrected chi connectivity index (χ4v) is 2.19. The summed E-state index contributed by atoms with van der Waals surface area (Å²) in [6.45, 7) is 15.0. The summed E-state index contributed by atoms with van der Waals surface area (Å²) in [5.74, 6) is -0.149. The molecule has 0 aromatic rings. The molecule has 0 amide bonds. The Morgan fingerprint density at radius 1 is 1.05 bits per heavy atom. The van der Waals surface area contributed by atoms with E-state index >= 15 is 0 Å². The summed E-state index contributed by atoms with van der Waals surface area (Å²) in [5, 5.41) is 0.225. The van der Waals surface area contributed by atoms with Crippen LogP contribution in [0.1, 0.15) is 40.5 Å². The molecule has 0 bridgehead atoms. The normalized spacial score (nSPS) is 12.5. The van der Waals surface area contributed by atoms with Gasteiger partial charge in [0.05, 0.1) is 19.8 Å². The Balaban J connectivity index is 3.54. The number of hydrogen-bond donors (Lipinski definition) is 0. The molecule has 0 aliphatic carbocycles. The molecule has 0 saturated heterocycles. The lowest BCUT2D eigenvalue weighted by Gasteiger charge is -2.36. The van der Waals surface area contributed by atoms with E-state index in [0.29, 0.717) is 32.8 Å². The highest BCUT2D eigenvalue weighted by molar-refractivity contribution is 6.74. The van der Waals surface area contributed by atoms with Gasteiger partial charge in [-0.15, -0.1) is 0 Å². The summed E-state index contributed by atoms with van der Waals surface area (Å²) in [5.41, 5.74) is 0. The smallest absolute Gasteiger partial charge is 0.305 e. The topological polar surface area (TPSA) is 44.8 Å². The van der Waals surface area contributed by atoms with E-state index in [1.807, 2.05) is 6.92 Å². The van der Waals surface area contributed by atoms with Crippen LogP contribution >= 0.6 is 0 Å². The van der Waals surface area contributed by atoms with Crippen molar-refractivity contribution in [1.82, 2.24) is 0 Å². The first-order valence-electron chi connectivity index (χ1n) is 7.08. The van der Waals surface area contributed by atoms with Gasteiger partial charge >= 0.3 is 5.97 Å². The molecule has 0 aliphatic heterocycles. The third-order valence-corrected chi connectivity index (χ3v) is 7.98. The van der Waals surface area contributed by atoms with Gasteiger partial charge in [0.1, 0.15) is 6.61 Å². The van der Waals surface area contributed by atoms with Crippen molar-refractivity contribution in [2.75, 3.05) is 26.4 Å². The Bertz CT molecular complexity index is 259. The third-order valence-electron chi connectivity index (χ3n) is 3.44. The zero-order valence-corrected chi connectivity index (χ0v) is 14.4. The van der Waals surface area contributed by atoms with E-state index in [0.717, 1.165) is 6.42 Å². The fourth-order valence-electron chi connectivity index (χ4n) is 1.17. The molecule has 0 fully saturated rings. The molecule has 0 atom stereocenters.